The lowest BCUT2D eigenvalue weighted by Gasteiger charge is -2.20. The summed E-state index contributed by atoms with van der Waals surface area (Å²) in [5.41, 5.74) is 3.62. The Morgan fingerprint density at radius 3 is 2.18 bits per heavy atom. The number of amides is 1. The van der Waals surface area contributed by atoms with Gasteiger partial charge in [-0.1, -0.05) is 61.8 Å². The van der Waals surface area contributed by atoms with Crippen LogP contribution >= 0.6 is 15.9 Å². The lowest BCUT2D eigenvalue weighted by Crippen LogP contribution is -2.17. The van der Waals surface area contributed by atoms with Crippen molar-refractivity contribution < 1.29 is 4.79 Å². The number of halogens is 1. The summed E-state index contributed by atoms with van der Waals surface area (Å²) in [5.74, 6) is 0.491. The van der Waals surface area contributed by atoms with Gasteiger partial charge in [0.1, 0.15) is 5.69 Å². The highest BCUT2D eigenvalue weighted by Crippen LogP contribution is 2.32. The molecule has 0 bridgehead atoms. The predicted molar refractivity (Wildman–Crippen MR) is 94.5 cm³/mol. The van der Waals surface area contributed by atoms with Crippen LogP contribution in [-0.4, -0.2) is 10.9 Å². The first-order chi connectivity index (χ1) is 10.4. The van der Waals surface area contributed by atoms with Gasteiger partial charge in [0, 0.05) is 16.4 Å². The maximum atomic E-state index is 12.5. The van der Waals surface area contributed by atoms with Crippen molar-refractivity contribution in [2.24, 2.45) is 0 Å². The lowest BCUT2D eigenvalue weighted by molar-refractivity contribution is 0.102. The summed E-state index contributed by atoms with van der Waals surface area (Å²) >= 11 is 3.37. The number of rotatable bonds is 4. The molecule has 1 N–H and O–H groups in total. The zero-order chi connectivity index (χ0) is 16.3. The first-order valence-corrected chi connectivity index (χ1v) is 8.25. The average molecular weight is 361 g/mol. The Balaban J connectivity index is 2.41. The van der Waals surface area contributed by atoms with E-state index < -0.39 is 0 Å². The standard InChI is InChI=1S/C18H21BrN2O/c1-11(2)14-6-5-7-15(12(3)4)17(14)21-18(22)16-10-13(19)8-9-20-16/h5-12H,1-4H3,(H,21,22). The Kier molecular flexibility index (Phi) is 5.35. The van der Waals surface area contributed by atoms with Crippen LogP contribution in [0.4, 0.5) is 5.69 Å². The van der Waals surface area contributed by atoms with Gasteiger partial charge in [0.25, 0.3) is 5.91 Å². The van der Waals surface area contributed by atoms with E-state index in [1.807, 2.05) is 0 Å². The van der Waals surface area contributed by atoms with E-state index in [2.05, 4.69) is 72.1 Å². The Morgan fingerprint density at radius 2 is 1.68 bits per heavy atom. The number of hydrogen-bond acceptors (Lipinski definition) is 2. The molecule has 0 saturated carbocycles. The Bertz CT molecular complexity index is 654. The van der Waals surface area contributed by atoms with E-state index in [0.29, 0.717) is 17.5 Å². The third kappa shape index (κ3) is 3.74. The summed E-state index contributed by atoms with van der Waals surface area (Å²) < 4.78 is 0.842. The van der Waals surface area contributed by atoms with Gasteiger partial charge in [0.05, 0.1) is 0 Å². The second-order valence-electron chi connectivity index (χ2n) is 5.93. The topological polar surface area (TPSA) is 42.0 Å². The summed E-state index contributed by atoms with van der Waals surface area (Å²) in [6, 6.07) is 9.72. The van der Waals surface area contributed by atoms with Crippen molar-refractivity contribution in [2.45, 2.75) is 39.5 Å². The van der Waals surface area contributed by atoms with Crippen molar-refractivity contribution >= 4 is 27.5 Å². The van der Waals surface area contributed by atoms with E-state index in [-0.39, 0.29) is 5.91 Å². The van der Waals surface area contributed by atoms with E-state index in [1.165, 1.54) is 0 Å². The Hall–Kier alpha value is -1.68. The Morgan fingerprint density at radius 1 is 1.09 bits per heavy atom. The molecule has 1 aromatic carbocycles. The van der Waals surface area contributed by atoms with Gasteiger partial charge >= 0.3 is 0 Å². The summed E-state index contributed by atoms with van der Waals surface area (Å²) in [7, 11) is 0. The van der Waals surface area contributed by atoms with Gasteiger partial charge in [-0.15, -0.1) is 0 Å². The second-order valence-corrected chi connectivity index (χ2v) is 6.85. The molecule has 0 radical (unpaired) electrons. The van der Waals surface area contributed by atoms with E-state index in [9.17, 15) is 4.79 Å². The molecule has 116 valence electrons. The minimum atomic E-state index is -0.184. The van der Waals surface area contributed by atoms with Crippen LogP contribution in [0, 0.1) is 0 Å². The molecule has 2 aromatic rings. The molecule has 3 nitrogen and oxygen atoms in total. The van der Waals surface area contributed by atoms with Gasteiger partial charge in [-0.05, 0) is 35.1 Å². The minimum Gasteiger partial charge on any atom is -0.320 e. The first kappa shape index (κ1) is 16.7. The number of para-hydroxylation sites is 1. The van der Waals surface area contributed by atoms with Crippen molar-refractivity contribution in [1.82, 2.24) is 4.98 Å². The number of carbonyl (C=O) groups is 1. The number of nitrogens with zero attached hydrogens (tertiary/aromatic N) is 1. The number of nitrogens with one attached hydrogen (secondary N) is 1. The fourth-order valence-corrected chi connectivity index (χ4v) is 2.74. The van der Waals surface area contributed by atoms with Gasteiger partial charge in [-0.2, -0.15) is 0 Å². The molecule has 0 saturated heterocycles. The SMILES string of the molecule is CC(C)c1cccc(C(C)C)c1NC(=O)c1cc(Br)ccn1. The fraction of sp³-hybridized carbons (Fsp3) is 0.333. The molecule has 1 heterocycles. The van der Waals surface area contributed by atoms with Gasteiger partial charge in [-0.25, -0.2) is 0 Å². The molecule has 22 heavy (non-hydrogen) atoms. The number of pyridine rings is 1. The van der Waals surface area contributed by atoms with Gasteiger partial charge in [-0.3, -0.25) is 9.78 Å². The minimum absolute atomic E-state index is 0.184. The third-order valence-electron chi connectivity index (χ3n) is 3.57. The molecule has 4 heteroatoms. The predicted octanol–water partition coefficient (Wildman–Crippen LogP) is 5.34. The molecule has 0 aliphatic heterocycles. The highest BCUT2D eigenvalue weighted by molar-refractivity contribution is 9.10. The number of carbonyl (C=O) groups excluding carboxylic acids is 1. The summed E-state index contributed by atoms with van der Waals surface area (Å²) in [4.78, 5) is 16.7. The maximum absolute atomic E-state index is 12.5. The van der Waals surface area contributed by atoms with Crippen molar-refractivity contribution in [3.8, 4) is 0 Å². The molecule has 0 spiro atoms. The van der Waals surface area contributed by atoms with Crippen molar-refractivity contribution in [2.75, 3.05) is 5.32 Å². The molecule has 0 atom stereocenters. The molecule has 0 fully saturated rings. The van der Waals surface area contributed by atoms with Crippen LogP contribution in [0.1, 0.15) is 61.1 Å². The summed E-state index contributed by atoms with van der Waals surface area (Å²) in [6.07, 6.45) is 1.62. The molecule has 1 aromatic heterocycles. The molecule has 0 aliphatic rings. The molecular formula is C18H21BrN2O. The summed E-state index contributed by atoms with van der Waals surface area (Å²) in [5, 5.41) is 3.06. The number of aromatic nitrogens is 1. The highest BCUT2D eigenvalue weighted by Gasteiger charge is 2.17. The van der Waals surface area contributed by atoms with Gasteiger partial charge in [0.2, 0.25) is 0 Å². The quantitative estimate of drug-likeness (QED) is 0.798. The van der Waals surface area contributed by atoms with Crippen LogP contribution in [0.15, 0.2) is 41.0 Å². The van der Waals surface area contributed by atoms with E-state index >= 15 is 0 Å². The fourth-order valence-electron chi connectivity index (χ4n) is 2.40. The van der Waals surface area contributed by atoms with Crippen LogP contribution in [0.2, 0.25) is 0 Å². The van der Waals surface area contributed by atoms with E-state index in [4.69, 9.17) is 0 Å². The van der Waals surface area contributed by atoms with E-state index in [0.717, 1.165) is 21.3 Å². The van der Waals surface area contributed by atoms with Crippen LogP contribution in [-0.2, 0) is 0 Å². The zero-order valence-electron chi connectivity index (χ0n) is 13.4. The molecule has 1 amide bonds. The number of benzene rings is 1. The number of anilines is 1. The zero-order valence-corrected chi connectivity index (χ0v) is 14.9. The van der Waals surface area contributed by atoms with Crippen LogP contribution < -0.4 is 5.32 Å². The molecule has 0 unspecified atom stereocenters. The lowest BCUT2D eigenvalue weighted by atomic mass is 9.92. The van der Waals surface area contributed by atoms with Crippen LogP contribution in [0.3, 0.4) is 0 Å². The van der Waals surface area contributed by atoms with E-state index in [1.54, 1.807) is 18.3 Å². The number of hydrogen-bond donors (Lipinski definition) is 1. The maximum Gasteiger partial charge on any atom is 0.274 e. The third-order valence-corrected chi connectivity index (χ3v) is 4.06. The monoisotopic (exact) mass is 360 g/mol. The van der Waals surface area contributed by atoms with Crippen LogP contribution in [0.25, 0.3) is 0 Å². The van der Waals surface area contributed by atoms with Gasteiger partial charge < -0.3 is 5.32 Å². The average Bonchev–Trinajstić information content (AvgIpc) is 2.46. The van der Waals surface area contributed by atoms with Crippen molar-refractivity contribution in [1.29, 1.82) is 0 Å². The largest absolute Gasteiger partial charge is 0.320 e. The van der Waals surface area contributed by atoms with Gasteiger partial charge in [0.15, 0.2) is 0 Å². The highest BCUT2D eigenvalue weighted by atomic mass is 79.9. The molecule has 2 rings (SSSR count). The normalized spacial score (nSPS) is 11.0. The van der Waals surface area contributed by atoms with Crippen LogP contribution in [0.5, 0.6) is 0 Å². The summed E-state index contributed by atoms with van der Waals surface area (Å²) in [6.45, 7) is 8.53. The first-order valence-electron chi connectivity index (χ1n) is 7.46. The second kappa shape index (κ2) is 7.05. The van der Waals surface area contributed by atoms with Crippen molar-refractivity contribution in [3.63, 3.8) is 0 Å². The smallest absolute Gasteiger partial charge is 0.274 e. The van der Waals surface area contributed by atoms with Crippen molar-refractivity contribution in [3.05, 3.63) is 57.8 Å². The molecular weight excluding hydrogens is 340 g/mol. The molecule has 0 aliphatic carbocycles. The Labute approximate surface area is 140 Å².